The summed E-state index contributed by atoms with van der Waals surface area (Å²) in [4.78, 5) is 11.8. The fourth-order valence-corrected chi connectivity index (χ4v) is 2.64. The maximum Gasteiger partial charge on any atom is 0.387 e. The van der Waals surface area contributed by atoms with Gasteiger partial charge in [-0.3, -0.25) is 4.79 Å². The van der Waals surface area contributed by atoms with Crippen LogP contribution in [0, 0.1) is 0 Å². The lowest BCUT2D eigenvalue weighted by Gasteiger charge is -2.06. The second kappa shape index (κ2) is 6.81. The Balaban J connectivity index is 1.89. The molecule has 0 aliphatic rings. The fraction of sp³-hybridized carbons (Fsp3) is 0.154. The Labute approximate surface area is 126 Å². The molecular weight excluding hydrogens is 352 g/mol. The van der Waals surface area contributed by atoms with Crippen LogP contribution in [0.3, 0.4) is 0 Å². The zero-order chi connectivity index (χ0) is 14.5. The van der Waals surface area contributed by atoms with Crippen LogP contribution in [0.15, 0.2) is 39.5 Å². The first kappa shape index (κ1) is 14.9. The quantitative estimate of drug-likeness (QED) is 0.872. The van der Waals surface area contributed by atoms with E-state index in [9.17, 15) is 13.6 Å². The summed E-state index contributed by atoms with van der Waals surface area (Å²) in [5.41, 5.74) is 1.38. The number of halogens is 3. The highest BCUT2D eigenvalue weighted by atomic mass is 79.9. The van der Waals surface area contributed by atoms with Gasteiger partial charge in [0.15, 0.2) is 0 Å². The summed E-state index contributed by atoms with van der Waals surface area (Å²) in [5, 5.41) is 4.50. The van der Waals surface area contributed by atoms with Crippen LogP contribution in [-0.2, 0) is 6.54 Å². The van der Waals surface area contributed by atoms with Gasteiger partial charge in [0.05, 0.1) is 9.35 Å². The molecule has 0 radical (unpaired) electrons. The summed E-state index contributed by atoms with van der Waals surface area (Å²) in [6.07, 6.45) is 0. The topological polar surface area (TPSA) is 38.3 Å². The number of hydrogen-bond donors (Lipinski definition) is 1. The van der Waals surface area contributed by atoms with Gasteiger partial charge in [0.2, 0.25) is 0 Å². The number of alkyl halides is 2. The summed E-state index contributed by atoms with van der Waals surface area (Å²) in [5.74, 6) is -0.0864. The van der Waals surface area contributed by atoms with E-state index >= 15 is 0 Å². The van der Waals surface area contributed by atoms with Crippen LogP contribution < -0.4 is 10.1 Å². The van der Waals surface area contributed by atoms with Gasteiger partial charge in [-0.2, -0.15) is 8.78 Å². The molecule has 0 unspecified atom stereocenters. The SMILES string of the molecule is O=C(NCc1ccc(OC(F)F)cc1)c1csc(Br)c1. The lowest BCUT2D eigenvalue weighted by Crippen LogP contribution is -2.22. The molecule has 7 heteroatoms. The molecule has 0 aliphatic heterocycles. The van der Waals surface area contributed by atoms with Crippen molar-refractivity contribution in [2.45, 2.75) is 13.2 Å². The summed E-state index contributed by atoms with van der Waals surface area (Å²) in [6.45, 7) is -2.51. The first-order valence-electron chi connectivity index (χ1n) is 5.60. The standard InChI is InChI=1S/C13H10BrF2NO2S/c14-11-5-9(7-20-11)12(18)17-6-8-1-3-10(4-2-8)19-13(15)16/h1-5,7,13H,6H2,(H,17,18). The Morgan fingerprint density at radius 3 is 2.60 bits per heavy atom. The second-order valence-corrected chi connectivity index (χ2v) is 6.14. The Morgan fingerprint density at radius 2 is 2.05 bits per heavy atom. The van der Waals surface area contributed by atoms with Crippen LogP contribution in [0.2, 0.25) is 0 Å². The predicted molar refractivity (Wildman–Crippen MR) is 76.3 cm³/mol. The average molecular weight is 362 g/mol. The minimum atomic E-state index is -2.84. The van der Waals surface area contributed by atoms with Crippen LogP contribution in [0.1, 0.15) is 15.9 Å². The summed E-state index contributed by atoms with van der Waals surface area (Å²) in [6, 6.07) is 7.87. The zero-order valence-electron chi connectivity index (χ0n) is 10.1. The largest absolute Gasteiger partial charge is 0.435 e. The molecule has 1 heterocycles. The molecule has 1 N–H and O–H groups in total. The van der Waals surface area contributed by atoms with E-state index in [0.717, 1.165) is 9.35 Å². The van der Waals surface area contributed by atoms with Crippen molar-refractivity contribution >= 4 is 33.2 Å². The van der Waals surface area contributed by atoms with Crippen molar-refractivity contribution in [3.05, 3.63) is 50.6 Å². The molecular formula is C13H10BrF2NO2S. The van der Waals surface area contributed by atoms with Crippen molar-refractivity contribution < 1.29 is 18.3 Å². The molecule has 106 valence electrons. The number of benzene rings is 1. The first-order valence-corrected chi connectivity index (χ1v) is 7.28. The van der Waals surface area contributed by atoms with Gasteiger partial charge >= 0.3 is 6.61 Å². The molecule has 2 rings (SSSR count). The van der Waals surface area contributed by atoms with Gasteiger partial charge in [0.25, 0.3) is 5.91 Å². The average Bonchev–Trinajstić information content (AvgIpc) is 2.84. The molecule has 0 saturated heterocycles. The highest BCUT2D eigenvalue weighted by Crippen LogP contribution is 2.20. The smallest absolute Gasteiger partial charge is 0.387 e. The van der Waals surface area contributed by atoms with Crippen LogP contribution in [-0.4, -0.2) is 12.5 Å². The lowest BCUT2D eigenvalue weighted by molar-refractivity contribution is -0.0498. The van der Waals surface area contributed by atoms with E-state index < -0.39 is 6.61 Å². The fourth-order valence-electron chi connectivity index (χ4n) is 1.50. The molecule has 0 atom stereocenters. The van der Waals surface area contributed by atoms with Gasteiger partial charge in [0, 0.05) is 11.9 Å². The van der Waals surface area contributed by atoms with Gasteiger partial charge in [0.1, 0.15) is 5.75 Å². The van der Waals surface area contributed by atoms with E-state index in [1.54, 1.807) is 23.6 Å². The minimum Gasteiger partial charge on any atom is -0.435 e. The third-order valence-electron chi connectivity index (χ3n) is 2.43. The molecule has 0 spiro atoms. The first-order chi connectivity index (χ1) is 9.54. The number of ether oxygens (including phenoxy) is 1. The third kappa shape index (κ3) is 4.28. The van der Waals surface area contributed by atoms with Gasteiger partial charge in [-0.25, -0.2) is 0 Å². The van der Waals surface area contributed by atoms with Crippen molar-refractivity contribution in [1.82, 2.24) is 5.32 Å². The molecule has 0 saturated carbocycles. The minimum absolute atomic E-state index is 0.0943. The molecule has 0 aliphatic carbocycles. The molecule has 20 heavy (non-hydrogen) atoms. The van der Waals surface area contributed by atoms with E-state index in [4.69, 9.17) is 0 Å². The second-order valence-electron chi connectivity index (χ2n) is 3.84. The number of nitrogens with one attached hydrogen (secondary N) is 1. The normalized spacial score (nSPS) is 10.6. The Kier molecular flexibility index (Phi) is 5.08. The van der Waals surface area contributed by atoms with Crippen LogP contribution >= 0.6 is 27.3 Å². The van der Waals surface area contributed by atoms with Gasteiger partial charge in [-0.05, 0) is 39.7 Å². The number of amides is 1. The Hall–Kier alpha value is -1.47. The van der Waals surface area contributed by atoms with Crippen LogP contribution in [0.5, 0.6) is 5.75 Å². The summed E-state index contributed by atoms with van der Waals surface area (Å²) < 4.78 is 29.1. The van der Waals surface area contributed by atoms with E-state index in [0.29, 0.717) is 12.1 Å². The van der Waals surface area contributed by atoms with Crippen molar-refractivity contribution in [1.29, 1.82) is 0 Å². The van der Waals surface area contributed by atoms with Crippen LogP contribution in [0.25, 0.3) is 0 Å². The molecule has 0 bridgehead atoms. The molecule has 3 nitrogen and oxygen atoms in total. The molecule has 1 aromatic carbocycles. The predicted octanol–water partition coefficient (Wildman–Crippen LogP) is 4.04. The monoisotopic (exact) mass is 361 g/mol. The highest BCUT2D eigenvalue weighted by molar-refractivity contribution is 9.11. The van der Waals surface area contributed by atoms with Gasteiger partial charge in [-0.1, -0.05) is 12.1 Å². The number of thiophene rings is 1. The summed E-state index contributed by atoms with van der Waals surface area (Å²) >= 11 is 4.72. The zero-order valence-corrected chi connectivity index (χ0v) is 12.5. The number of carbonyl (C=O) groups is 1. The molecule has 0 fully saturated rings. The van der Waals surface area contributed by atoms with Crippen molar-refractivity contribution in [2.24, 2.45) is 0 Å². The van der Waals surface area contributed by atoms with E-state index in [1.807, 2.05) is 0 Å². The van der Waals surface area contributed by atoms with Gasteiger partial charge < -0.3 is 10.1 Å². The van der Waals surface area contributed by atoms with E-state index in [2.05, 4.69) is 26.0 Å². The number of hydrogen-bond acceptors (Lipinski definition) is 3. The van der Waals surface area contributed by atoms with Gasteiger partial charge in [-0.15, -0.1) is 11.3 Å². The Bertz CT molecular complexity index is 586. The van der Waals surface area contributed by atoms with Crippen molar-refractivity contribution in [3.63, 3.8) is 0 Å². The lowest BCUT2D eigenvalue weighted by atomic mass is 10.2. The third-order valence-corrected chi connectivity index (χ3v) is 3.94. The van der Waals surface area contributed by atoms with Crippen molar-refractivity contribution in [3.8, 4) is 5.75 Å². The van der Waals surface area contributed by atoms with Crippen LogP contribution in [0.4, 0.5) is 8.78 Å². The number of rotatable bonds is 5. The summed E-state index contributed by atoms with van der Waals surface area (Å²) in [7, 11) is 0. The van der Waals surface area contributed by atoms with E-state index in [1.165, 1.54) is 23.5 Å². The molecule has 1 aromatic heterocycles. The number of carbonyl (C=O) groups excluding carboxylic acids is 1. The molecule has 2 aromatic rings. The maximum absolute atomic E-state index is 12.0. The molecule has 1 amide bonds. The van der Waals surface area contributed by atoms with Crippen molar-refractivity contribution in [2.75, 3.05) is 0 Å². The Morgan fingerprint density at radius 1 is 1.35 bits per heavy atom. The maximum atomic E-state index is 12.0. The van der Waals surface area contributed by atoms with E-state index in [-0.39, 0.29) is 11.7 Å². The highest BCUT2D eigenvalue weighted by Gasteiger charge is 2.08.